The monoisotopic (exact) mass is 302 g/mol. The second kappa shape index (κ2) is 5.18. The van der Waals surface area contributed by atoms with Crippen LogP contribution in [0.4, 0.5) is 5.69 Å². The number of hydrogen-bond donors (Lipinski definition) is 1. The molecule has 5 nitrogen and oxygen atoms in total. The van der Waals surface area contributed by atoms with Crippen LogP contribution in [0.2, 0.25) is 5.02 Å². The molecule has 6 heteroatoms. The molecule has 0 saturated carbocycles. The fraction of sp³-hybridized carbons (Fsp3) is 0.133. The quantitative estimate of drug-likeness (QED) is 0.924. The highest BCUT2D eigenvalue weighted by atomic mass is 35.5. The van der Waals surface area contributed by atoms with Crippen molar-refractivity contribution in [2.24, 2.45) is 0 Å². The maximum Gasteiger partial charge on any atom is 0.327 e. The van der Waals surface area contributed by atoms with E-state index in [1.807, 2.05) is 12.1 Å². The Morgan fingerprint density at radius 2 is 2.05 bits per heavy atom. The first kappa shape index (κ1) is 13.6. The molecule has 2 heterocycles. The van der Waals surface area contributed by atoms with Gasteiger partial charge in [0.05, 0.1) is 0 Å². The lowest BCUT2D eigenvalue weighted by Crippen LogP contribution is -2.43. The molecular formula is C15H11ClN2O3. The Morgan fingerprint density at radius 3 is 2.76 bits per heavy atom. The second-order valence-electron chi connectivity index (χ2n) is 4.72. The van der Waals surface area contributed by atoms with E-state index in [1.165, 1.54) is 17.2 Å². The van der Waals surface area contributed by atoms with Gasteiger partial charge in [0.15, 0.2) is 0 Å². The van der Waals surface area contributed by atoms with Crippen molar-refractivity contribution < 1.29 is 14.7 Å². The van der Waals surface area contributed by atoms with Crippen molar-refractivity contribution in [3.63, 3.8) is 0 Å². The smallest absolute Gasteiger partial charge is 0.327 e. The summed E-state index contributed by atoms with van der Waals surface area (Å²) >= 11 is 5.87. The molecule has 1 aliphatic rings. The van der Waals surface area contributed by atoms with Gasteiger partial charge in [0, 0.05) is 23.3 Å². The van der Waals surface area contributed by atoms with E-state index in [9.17, 15) is 14.7 Å². The van der Waals surface area contributed by atoms with E-state index in [2.05, 4.69) is 4.98 Å². The fourth-order valence-electron chi connectivity index (χ4n) is 2.48. The lowest BCUT2D eigenvalue weighted by molar-refractivity contribution is -0.138. The van der Waals surface area contributed by atoms with Gasteiger partial charge >= 0.3 is 5.97 Å². The Balaban J connectivity index is 2.05. The first-order chi connectivity index (χ1) is 10.1. The minimum absolute atomic E-state index is 0.130. The summed E-state index contributed by atoms with van der Waals surface area (Å²) in [5.74, 6) is -1.50. The van der Waals surface area contributed by atoms with Gasteiger partial charge in [-0.15, -0.1) is 0 Å². The third kappa shape index (κ3) is 2.36. The van der Waals surface area contributed by atoms with Crippen LogP contribution in [0.1, 0.15) is 16.1 Å². The first-order valence-corrected chi connectivity index (χ1v) is 6.71. The molecule has 0 aliphatic carbocycles. The molecule has 0 radical (unpaired) electrons. The number of carboxylic acids is 1. The van der Waals surface area contributed by atoms with Crippen LogP contribution >= 0.6 is 11.6 Å². The molecule has 106 valence electrons. The maximum atomic E-state index is 12.6. The molecule has 3 rings (SSSR count). The van der Waals surface area contributed by atoms with Crippen LogP contribution in [-0.2, 0) is 11.2 Å². The van der Waals surface area contributed by atoms with Crippen LogP contribution in [0, 0.1) is 0 Å². The number of benzene rings is 1. The minimum atomic E-state index is -1.04. The lowest BCUT2D eigenvalue weighted by atomic mass is 10.1. The number of aliphatic carboxylic acids is 1. The summed E-state index contributed by atoms with van der Waals surface area (Å²) in [6.07, 6.45) is 1.71. The summed E-state index contributed by atoms with van der Waals surface area (Å²) < 4.78 is 0. The van der Waals surface area contributed by atoms with Crippen molar-refractivity contribution in [3.05, 3.63) is 58.9 Å². The maximum absolute atomic E-state index is 12.6. The van der Waals surface area contributed by atoms with Crippen LogP contribution in [0.3, 0.4) is 0 Å². The number of hydrogen-bond acceptors (Lipinski definition) is 3. The molecule has 1 aliphatic heterocycles. The van der Waals surface area contributed by atoms with Crippen LogP contribution in [0.5, 0.6) is 0 Å². The predicted octanol–water partition coefficient (Wildman–Crippen LogP) is 2.39. The Kier molecular flexibility index (Phi) is 3.35. The topological polar surface area (TPSA) is 70.5 Å². The number of anilines is 1. The number of halogens is 1. The fourth-order valence-corrected chi connectivity index (χ4v) is 2.64. The number of pyridine rings is 1. The Hall–Kier alpha value is -2.40. The molecule has 1 aromatic heterocycles. The van der Waals surface area contributed by atoms with Crippen LogP contribution in [-0.4, -0.2) is 28.0 Å². The lowest BCUT2D eigenvalue weighted by Gasteiger charge is -2.22. The van der Waals surface area contributed by atoms with Gasteiger partial charge in [-0.1, -0.05) is 29.8 Å². The zero-order valence-electron chi connectivity index (χ0n) is 10.9. The van der Waals surface area contributed by atoms with E-state index in [1.54, 1.807) is 18.2 Å². The van der Waals surface area contributed by atoms with E-state index in [4.69, 9.17) is 11.6 Å². The number of amides is 1. The first-order valence-electron chi connectivity index (χ1n) is 6.34. The molecule has 2 aromatic rings. The van der Waals surface area contributed by atoms with E-state index in [0.29, 0.717) is 10.7 Å². The summed E-state index contributed by atoms with van der Waals surface area (Å²) in [7, 11) is 0. The molecule has 21 heavy (non-hydrogen) atoms. The highest BCUT2D eigenvalue weighted by Gasteiger charge is 2.39. The van der Waals surface area contributed by atoms with Gasteiger partial charge < -0.3 is 5.11 Å². The number of rotatable bonds is 2. The molecule has 0 fully saturated rings. The zero-order chi connectivity index (χ0) is 15.0. The molecular weight excluding hydrogens is 292 g/mol. The third-order valence-corrected chi connectivity index (χ3v) is 3.66. The highest BCUT2D eigenvalue weighted by molar-refractivity contribution is 6.31. The summed E-state index contributed by atoms with van der Waals surface area (Å²) in [5, 5.41) is 9.75. The largest absolute Gasteiger partial charge is 0.480 e. The summed E-state index contributed by atoms with van der Waals surface area (Å²) in [4.78, 5) is 29.3. The van der Waals surface area contributed by atoms with Crippen molar-refractivity contribution in [1.82, 2.24) is 4.98 Å². The van der Waals surface area contributed by atoms with E-state index in [0.717, 1.165) is 5.56 Å². The molecule has 1 aromatic carbocycles. The molecule has 1 N–H and O–H groups in total. The van der Waals surface area contributed by atoms with Gasteiger partial charge in [0.25, 0.3) is 5.91 Å². The van der Waals surface area contributed by atoms with E-state index >= 15 is 0 Å². The zero-order valence-corrected chi connectivity index (χ0v) is 11.6. The number of carboxylic acid groups (broad SMARTS) is 1. The predicted molar refractivity (Wildman–Crippen MR) is 77.6 cm³/mol. The number of aromatic nitrogens is 1. The van der Waals surface area contributed by atoms with Gasteiger partial charge in [-0.3, -0.25) is 14.7 Å². The van der Waals surface area contributed by atoms with Crippen molar-refractivity contribution in [3.8, 4) is 0 Å². The number of fused-ring (bicyclic) bond motifs is 1. The standard InChI is InChI=1S/C15H11ClN2O3/c16-10-5-6-17-11(8-10)14(19)18-12-4-2-1-3-9(12)7-13(18)15(20)21/h1-6,8,13H,7H2,(H,20,21)/t13-/m0/s1. The third-order valence-electron chi connectivity index (χ3n) is 3.42. The van der Waals surface area contributed by atoms with E-state index in [-0.39, 0.29) is 12.1 Å². The molecule has 0 spiro atoms. The van der Waals surface area contributed by atoms with Gasteiger partial charge in [-0.05, 0) is 23.8 Å². The normalized spacial score (nSPS) is 16.6. The Bertz CT molecular complexity index is 732. The highest BCUT2D eigenvalue weighted by Crippen LogP contribution is 2.33. The molecule has 0 bridgehead atoms. The number of carbonyl (C=O) groups excluding carboxylic acids is 1. The summed E-state index contributed by atoms with van der Waals surface area (Å²) in [6.45, 7) is 0. The molecule has 1 atom stereocenters. The van der Waals surface area contributed by atoms with Crippen LogP contribution in [0.25, 0.3) is 0 Å². The Labute approximate surface area is 125 Å². The van der Waals surface area contributed by atoms with Crippen molar-refractivity contribution >= 4 is 29.2 Å². The van der Waals surface area contributed by atoms with Gasteiger partial charge in [-0.25, -0.2) is 4.79 Å². The number of nitrogens with zero attached hydrogens (tertiary/aromatic N) is 2. The van der Waals surface area contributed by atoms with Crippen LogP contribution in [0.15, 0.2) is 42.6 Å². The van der Waals surface area contributed by atoms with Gasteiger partial charge in [0.1, 0.15) is 11.7 Å². The Morgan fingerprint density at radius 1 is 1.29 bits per heavy atom. The molecule has 0 unspecified atom stereocenters. The molecule has 1 amide bonds. The van der Waals surface area contributed by atoms with Gasteiger partial charge in [0.2, 0.25) is 0 Å². The average molecular weight is 303 g/mol. The second-order valence-corrected chi connectivity index (χ2v) is 5.16. The van der Waals surface area contributed by atoms with E-state index < -0.39 is 17.9 Å². The molecule has 0 saturated heterocycles. The van der Waals surface area contributed by atoms with Gasteiger partial charge in [-0.2, -0.15) is 0 Å². The van der Waals surface area contributed by atoms with Crippen molar-refractivity contribution in [2.45, 2.75) is 12.5 Å². The van der Waals surface area contributed by atoms with Crippen molar-refractivity contribution in [1.29, 1.82) is 0 Å². The van der Waals surface area contributed by atoms with Crippen LogP contribution < -0.4 is 4.90 Å². The summed E-state index contributed by atoms with van der Waals surface area (Å²) in [6, 6.07) is 9.23. The number of para-hydroxylation sites is 1. The summed E-state index contributed by atoms with van der Waals surface area (Å²) in [5.41, 5.74) is 1.57. The van der Waals surface area contributed by atoms with Crippen molar-refractivity contribution in [2.75, 3.05) is 4.90 Å². The number of carbonyl (C=O) groups is 2. The average Bonchev–Trinajstić information content (AvgIpc) is 2.86. The minimum Gasteiger partial charge on any atom is -0.480 e. The SMILES string of the molecule is O=C(O)[C@@H]1Cc2ccccc2N1C(=O)c1cc(Cl)ccn1.